The van der Waals surface area contributed by atoms with Crippen molar-refractivity contribution in [2.75, 3.05) is 0 Å². The molecule has 0 saturated carbocycles. The summed E-state index contributed by atoms with van der Waals surface area (Å²) in [6.45, 7) is 3.51. The number of hydrogen-bond donors (Lipinski definition) is 0. The molecule has 0 amide bonds. The van der Waals surface area contributed by atoms with Crippen molar-refractivity contribution >= 4 is 21.6 Å². The monoisotopic (exact) mass is 337 g/mol. The standard InChI is InChI=1S/C13H12BrN3O3/c1-8-5-15-11(9(2)13(8)17(18)19)7-20-10-3-4-12(14)16-6-10/h3-6H,7H2,1-2H3. The quantitative estimate of drug-likeness (QED) is 0.485. The first-order chi connectivity index (χ1) is 9.49. The number of rotatable bonds is 4. The van der Waals surface area contributed by atoms with E-state index in [2.05, 4.69) is 25.9 Å². The van der Waals surface area contributed by atoms with Crippen LogP contribution in [0.3, 0.4) is 0 Å². The lowest BCUT2D eigenvalue weighted by atomic mass is 10.1. The largest absolute Gasteiger partial charge is 0.486 e. The van der Waals surface area contributed by atoms with E-state index in [0.29, 0.717) is 27.2 Å². The molecule has 2 rings (SSSR count). The van der Waals surface area contributed by atoms with Gasteiger partial charge in [0.15, 0.2) is 0 Å². The van der Waals surface area contributed by atoms with Crippen LogP contribution >= 0.6 is 15.9 Å². The number of halogens is 1. The summed E-state index contributed by atoms with van der Waals surface area (Å²) in [6, 6.07) is 3.52. The summed E-state index contributed by atoms with van der Waals surface area (Å²) in [4.78, 5) is 18.9. The van der Waals surface area contributed by atoms with Gasteiger partial charge in [-0.15, -0.1) is 0 Å². The molecule has 2 aromatic heterocycles. The normalized spacial score (nSPS) is 10.3. The lowest BCUT2D eigenvalue weighted by Gasteiger charge is -2.09. The fraction of sp³-hybridized carbons (Fsp3) is 0.231. The topological polar surface area (TPSA) is 78.2 Å². The molecule has 2 aromatic rings. The maximum Gasteiger partial charge on any atom is 0.278 e. The third kappa shape index (κ3) is 3.11. The minimum Gasteiger partial charge on any atom is -0.486 e. The number of ether oxygens (including phenoxy) is 1. The van der Waals surface area contributed by atoms with Crippen LogP contribution in [0.15, 0.2) is 29.1 Å². The van der Waals surface area contributed by atoms with Gasteiger partial charge in [-0.3, -0.25) is 15.1 Å². The summed E-state index contributed by atoms with van der Waals surface area (Å²) in [6.07, 6.45) is 3.06. The minimum atomic E-state index is -0.392. The summed E-state index contributed by atoms with van der Waals surface area (Å²) < 4.78 is 6.25. The van der Waals surface area contributed by atoms with Crippen molar-refractivity contribution in [2.24, 2.45) is 0 Å². The molecule has 6 nitrogen and oxygen atoms in total. The molecule has 0 spiro atoms. The van der Waals surface area contributed by atoms with Gasteiger partial charge in [0.05, 0.1) is 22.4 Å². The van der Waals surface area contributed by atoms with Crippen molar-refractivity contribution in [1.29, 1.82) is 0 Å². The number of pyridine rings is 2. The predicted molar refractivity (Wildman–Crippen MR) is 76.6 cm³/mol. The summed E-state index contributed by atoms with van der Waals surface area (Å²) in [5, 5.41) is 11.0. The van der Waals surface area contributed by atoms with Gasteiger partial charge in [-0.1, -0.05) is 0 Å². The summed E-state index contributed by atoms with van der Waals surface area (Å²) >= 11 is 3.23. The molecule has 0 atom stereocenters. The third-order valence-corrected chi connectivity index (χ3v) is 3.30. The van der Waals surface area contributed by atoms with Crippen LogP contribution in [0.5, 0.6) is 5.75 Å². The van der Waals surface area contributed by atoms with Crippen LogP contribution in [0, 0.1) is 24.0 Å². The van der Waals surface area contributed by atoms with E-state index in [1.54, 1.807) is 32.2 Å². The van der Waals surface area contributed by atoms with Crippen LogP contribution in [-0.2, 0) is 6.61 Å². The Balaban J connectivity index is 2.20. The first-order valence-corrected chi connectivity index (χ1v) is 6.62. The van der Waals surface area contributed by atoms with E-state index in [0.717, 1.165) is 0 Å². The summed E-state index contributed by atoms with van der Waals surface area (Å²) in [5.74, 6) is 0.581. The van der Waals surface area contributed by atoms with Gasteiger partial charge < -0.3 is 4.74 Å². The first-order valence-electron chi connectivity index (χ1n) is 5.83. The van der Waals surface area contributed by atoms with Crippen molar-refractivity contribution < 1.29 is 9.66 Å². The maximum atomic E-state index is 11.0. The zero-order chi connectivity index (χ0) is 14.7. The van der Waals surface area contributed by atoms with Crippen LogP contribution < -0.4 is 4.74 Å². The van der Waals surface area contributed by atoms with E-state index in [1.165, 1.54) is 6.20 Å². The van der Waals surface area contributed by atoms with Crippen LogP contribution in [-0.4, -0.2) is 14.9 Å². The highest BCUT2D eigenvalue weighted by atomic mass is 79.9. The van der Waals surface area contributed by atoms with Gasteiger partial charge in [0.1, 0.15) is 17.0 Å². The SMILES string of the molecule is Cc1cnc(COc2ccc(Br)nc2)c(C)c1[N+](=O)[O-]. The zero-order valence-electron chi connectivity index (χ0n) is 11.0. The lowest BCUT2D eigenvalue weighted by molar-refractivity contribution is -0.386. The molecule has 2 heterocycles. The molecule has 0 saturated heterocycles. The van der Waals surface area contributed by atoms with E-state index in [9.17, 15) is 10.1 Å². The Morgan fingerprint density at radius 3 is 2.65 bits per heavy atom. The lowest BCUT2D eigenvalue weighted by Crippen LogP contribution is -2.05. The van der Waals surface area contributed by atoms with Gasteiger partial charge in [-0.2, -0.15) is 0 Å². The second kappa shape index (κ2) is 5.96. The van der Waals surface area contributed by atoms with Gasteiger partial charge in [-0.25, -0.2) is 4.98 Å². The van der Waals surface area contributed by atoms with Crippen molar-refractivity contribution in [3.8, 4) is 5.75 Å². The van der Waals surface area contributed by atoms with Gasteiger partial charge >= 0.3 is 0 Å². The Morgan fingerprint density at radius 1 is 1.30 bits per heavy atom. The van der Waals surface area contributed by atoms with Crippen molar-refractivity contribution in [1.82, 2.24) is 9.97 Å². The zero-order valence-corrected chi connectivity index (χ0v) is 12.5. The summed E-state index contributed by atoms with van der Waals surface area (Å²) in [5.41, 5.74) is 1.71. The number of aromatic nitrogens is 2. The fourth-order valence-corrected chi connectivity index (χ4v) is 2.03. The Hall–Kier alpha value is -2.02. The highest BCUT2D eigenvalue weighted by Gasteiger charge is 2.18. The van der Waals surface area contributed by atoms with Gasteiger partial charge in [-0.05, 0) is 41.9 Å². The van der Waals surface area contributed by atoms with Crippen LogP contribution in [0.4, 0.5) is 5.69 Å². The molecule has 0 radical (unpaired) electrons. The van der Waals surface area contributed by atoms with E-state index >= 15 is 0 Å². The average molecular weight is 338 g/mol. The van der Waals surface area contributed by atoms with Crippen LogP contribution in [0.2, 0.25) is 0 Å². The Kier molecular flexibility index (Phi) is 4.29. The average Bonchev–Trinajstić information content (AvgIpc) is 2.39. The maximum absolute atomic E-state index is 11.0. The molecule has 0 aliphatic rings. The number of hydrogen-bond acceptors (Lipinski definition) is 5. The van der Waals surface area contributed by atoms with E-state index in [-0.39, 0.29) is 12.3 Å². The minimum absolute atomic E-state index is 0.0903. The summed E-state index contributed by atoms with van der Waals surface area (Å²) in [7, 11) is 0. The Morgan fingerprint density at radius 2 is 2.05 bits per heavy atom. The molecule has 0 aliphatic heterocycles. The number of nitrogens with zero attached hydrogens (tertiary/aromatic N) is 3. The molecule has 104 valence electrons. The molecule has 20 heavy (non-hydrogen) atoms. The number of nitro groups is 1. The first kappa shape index (κ1) is 14.4. The Bertz CT molecular complexity index is 644. The van der Waals surface area contributed by atoms with Gasteiger partial charge in [0.2, 0.25) is 0 Å². The molecular formula is C13H12BrN3O3. The van der Waals surface area contributed by atoms with Crippen molar-refractivity contribution in [3.05, 3.63) is 56.1 Å². The highest BCUT2D eigenvalue weighted by molar-refractivity contribution is 9.10. The third-order valence-electron chi connectivity index (χ3n) is 2.83. The molecular weight excluding hydrogens is 326 g/mol. The van der Waals surface area contributed by atoms with Gasteiger partial charge in [0, 0.05) is 11.8 Å². The second-order valence-corrected chi connectivity index (χ2v) is 5.04. The predicted octanol–water partition coefficient (Wildman–Crippen LogP) is 3.34. The second-order valence-electron chi connectivity index (χ2n) is 4.22. The van der Waals surface area contributed by atoms with E-state index in [4.69, 9.17) is 4.74 Å². The molecule has 0 N–H and O–H groups in total. The molecule has 0 aliphatic carbocycles. The molecule has 7 heteroatoms. The van der Waals surface area contributed by atoms with Crippen LogP contribution in [0.1, 0.15) is 16.8 Å². The van der Waals surface area contributed by atoms with E-state index < -0.39 is 4.92 Å². The molecule has 0 fully saturated rings. The Labute approximate surface area is 124 Å². The fourth-order valence-electron chi connectivity index (χ4n) is 1.79. The smallest absolute Gasteiger partial charge is 0.278 e. The molecule has 0 bridgehead atoms. The van der Waals surface area contributed by atoms with Gasteiger partial charge in [0.25, 0.3) is 5.69 Å². The van der Waals surface area contributed by atoms with E-state index in [1.807, 2.05) is 0 Å². The number of aryl methyl sites for hydroxylation is 1. The van der Waals surface area contributed by atoms with Crippen molar-refractivity contribution in [3.63, 3.8) is 0 Å². The highest BCUT2D eigenvalue weighted by Crippen LogP contribution is 2.25. The van der Waals surface area contributed by atoms with Crippen LogP contribution in [0.25, 0.3) is 0 Å². The molecule has 0 aromatic carbocycles. The molecule has 0 unspecified atom stereocenters. The van der Waals surface area contributed by atoms with Crippen molar-refractivity contribution in [2.45, 2.75) is 20.5 Å².